The number of rotatable bonds is 6. The third kappa shape index (κ3) is 4.27. The number of nitrogens with zero attached hydrogens (tertiary/aromatic N) is 2. The maximum absolute atomic E-state index is 11.8. The van der Waals surface area contributed by atoms with E-state index >= 15 is 0 Å². The molecule has 1 aliphatic rings. The number of halogens is 1. The number of carbonyl (C=O) groups is 1. The number of ether oxygens (including phenoxy) is 1. The fourth-order valence-electron chi connectivity index (χ4n) is 3.42. The second-order valence-electron chi connectivity index (χ2n) is 6.78. The Balaban J connectivity index is 1.71. The van der Waals surface area contributed by atoms with E-state index in [0.717, 1.165) is 22.3 Å². The Morgan fingerprint density at radius 3 is 2.00 bits per heavy atom. The van der Waals surface area contributed by atoms with E-state index in [2.05, 4.69) is 10.2 Å². The minimum Gasteiger partial charge on any atom is -0.494 e. The first-order chi connectivity index (χ1) is 15.1. The van der Waals surface area contributed by atoms with Gasteiger partial charge in [0.05, 0.1) is 11.6 Å². The number of carboxylic acid groups (broad SMARTS) is 1. The quantitative estimate of drug-likeness (QED) is 0.318. The lowest BCUT2D eigenvalue weighted by molar-refractivity contribution is -0.129. The van der Waals surface area contributed by atoms with Gasteiger partial charge in [-0.15, -0.1) is 10.2 Å². The summed E-state index contributed by atoms with van der Waals surface area (Å²) in [5.74, 6) is -0.499. The summed E-state index contributed by atoms with van der Waals surface area (Å²) in [7, 11) is 0. The van der Waals surface area contributed by atoms with E-state index in [1.807, 2.05) is 55.5 Å². The molecule has 1 N–H and O–H groups in total. The lowest BCUT2D eigenvalue weighted by Crippen LogP contribution is -2.10. The molecule has 0 fully saturated rings. The standard InChI is InChI=1S/C25H19ClN2O3/c1-2-31-17-13-11-16(12-14-17)22(26)15-23(25(29)30)27-28-24-20-9-5-3-7-18(20)19-8-4-6-10-21(19)24/h3-15H,2H2,1H3,(H,29,30). The first kappa shape index (κ1) is 20.6. The van der Waals surface area contributed by atoms with E-state index in [9.17, 15) is 9.90 Å². The topological polar surface area (TPSA) is 71.2 Å². The van der Waals surface area contributed by atoms with Crippen molar-refractivity contribution in [3.05, 3.63) is 95.6 Å². The van der Waals surface area contributed by atoms with Crippen LogP contribution in [0.25, 0.3) is 16.2 Å². The molecule has 154 valence electrons. The predicted molar refractivity (Wildman–Crippen MR) is 124 cm³/mol. The number of hydrogen-bond donors (Lipinski definition) is 1. The molecule has 0 unspecified atom stereocenters. The normalized spacial score (nSPS) is 12.9. The van der Waals surface area contributed by atoms with Crippen molar-refractivity contribution in [3.63, 3.8) is 0 Å². The lowest BCUT2D eigenvalue weighted by Gasteiger charge is -2.04. The second kappa shape index (κ2) is 8.98. The van der Waals surface area contributed by atoms with Crippen molar-refractivity contribution < 1.29 is 14.6 Å². The molecule has 5 nitrogen and oxygen atoms in total. The van der Waals surface area contributed by atoms with E-state index in [-0.39, 0.29) is 10.7 Å². The van der Waals surface area contributed by atoms with Crippen LogP contribution in [-0.4, -0.2) is 29.1 Å². The summed E-state index contributed by atoms with van der Waals surface area (Å²) < 4.78 is 5.41. The highest BCUT2D eigenvalue weighted by Crippen LogP contribution is 2.36. The predicted octanol–water partition coefficient (Wildman–Crippen LogP) is 5.62. The van der Waals surface area contributed by atoms with Gasteiger partial charge in [0.2, 0.25) is 0 Å². The van der Waals surface area contributed by atoms with E-state index in [1.165, 1.54) is 6.08 Å². The van der Waals surface area contributed by atoms with Gasteiger partial charge in [-0.05, 0) is 54.0 Å². The Morgan fingerprint density at radius 1 is 0.935 bits per heavy atom. The maximum atomic E-state index is 11.8. The second-order valence-corrected chi connectivity index (χ2v) is 7.19. The average molecular weight is 431 g/mol. The molecule has 31 heavy (non-hydrogen) atoms. The number of fused-ring (bicyclic) bond motifs is 3. The lowest BCUT2D eigenvalue weighted by atomic mass is 10.1. The Hall–Kier alpha value is -3.70. The Labute approximate surface area is 185 Å². The van der Waals surface area contributed by atoms with Crippen molar-refractivity contribution in [2.45, 2.75) is 6.92 Å². The van der Waals surface area contributed by atoms with E-state index in [1.54, 1.807) is 24.3 Å². The number of carboxylic acids is 1. The molecule has 6 heteroatoms. The van der Waals surface area contributed by atoms with Crippen LogP contribution < -0.4 is 4.74 Å². The Kier molecular flexibility index (Phi) is 5.96. The molecule has 0 amide bonds. The zero-order chi connectivity index (χ0) is 21.8. The molecule has 0 radical (unpaired) electrons. The van der Waals surface area contributed by atoms with Crippen LogP contribution in [0.4, 0.5) is 0 Å². The molecule has 0 saturated heterocycles. The number of hydrogen-bond acceptors (Lipinski definition) is 4. The van der Waals surface area contributed by atoms with Crippen molar-refractivity contribution in [1.29, 1.82) is 0 Å². The summed E-state index contributed by atoms with van der Waals surface area (Å²) in [5, 5.41) is 18.2. The summed E-state index contributed by atoms with van der Waals surface area (Å²) in [4.78, 5) is 11.8. The summed E-state index contributed by atoms with van der Waals surface area (Å²) in [6.07, 6.45) is 1.30. The summed E-state index contributed by atoms with van der Waals surface area (Å²) in [5.41, 5.74) is 4.96. The van der Waals surface area contributed by atoms with Gasteiger partial charge in [0.25, 0.3) is 0 Å². The van der Waals surface area contributed by atoms with Gasteiger partial charge in [0.15, 0.2) is 5.71 Å². The van der Waals surface area contributed by atoms with E-state index in [0.29, 0.717) is 23.6 Å². The van der Waals surface area contributed by atoms with Gasteiger partial charge in [-0.3, -0.25) is 0 Å². The number of aliphatic carboxylic acids is 1. The van der Waals surface area contributed by atoms with Crippen LogP contribution in [-0.2, 0) is 4.79 Å². The zero-order valence-corrected chi connectivity index (χ0v) is 17.5. The smallest absolute Gasteiger partial charge is 0.356 e. The average Bonchev–Trinajstić information content (AvgIpc) is 3.11. The van der Waals surface area contributed by atoms with Gasteiger partial charge in [0.1, 0.15) is 11.5 Å². The van der Waals surface area contributed by atoms with Crippen molar-refractivity contribution in [2.24, 2.45) is 10.2 Å². The van der Waals surface area contributed by atoms with Crippen LogP contribution in [0.5, 0.6) is 5.75 Å². The van der Waals surface area contributed by atoms with Gasteiger partial charge >= 0.3 is 5.97 Å². The largest absolute Gasteiger partial charge is 0.494 e. The van der Waals surface area contributed by atoms with Crippen LogP contribution in [0.1, 0.15) is 23.6 Å². The van der Waals surface area contributed by atoms with Crippen LogP contribution in [0.2, 0.25) is 0 Å². The van der Waals surface area contributed by atoms with Gasteiger partial charge in [-0.1, -0.05) is 60.1 Å². The molecule has 3 aromatic carbocycles. The Bertz CT molecular complexity index is 1180. The zero-order valence-electron chi connectivity index (χ0n) is 16.7. The maximum Gasteiger partial charge on any atom is 0.356 e. The Morgan fingerprint density at radius 2 is 1.48 bits per heavy atom. The molecule has 1 aliphatic carbocycles. The van der Waals surface area contributed by atoms with Gasteiger partial charge in [-0.25, -0.2) is 4.79 Å². The molecule has 0 aromatic heterocycles. The molecule has 0 spiro atoms. The fraction of sp³-hybridized carbons (Fsp3) is 0.0800. The van der Waals surface area contributed by atoms with Crippen LogP contribution >= 0.6 is 11.6 Å². The van der Waals surface area contributed by atoms with Crippen LogP contribution in [0, 0.1) is 0 Å². The third-order valence-corrected chi connectivity index (χ3v) is 5.16. The summed E-state index contributed by atoms with van der Waals surface area (Å²) in [6.45, 7) is 2.46. The minimum atomic E-state index is -1.21. The summed E-state index contributed by atoms with van der Waals surface area (Å²) in [6, 6.07) is 22.8. The van der Waals surface area contributed by atoms with Crippen molar-refractivity contribution >= 4 is 34.0 Å². The summed E-state index contributed by atoms with van der Waals surface area (Å²) >= 11 is 6.36. The monoisotopic (exact) mass is 430 g/mol. The fourth-order valence-corrected chi connectivity index (χ4v) is 3.65. The SMILES string of the molecule is CCOc1ccc(C(Cl)=CC(=NN=C2c3ccccc3-c3ccccc32)C(=O)O)cc1. The van der Waals surface area contributed by atoms with Crippen LogP contribution in [0.3, 0.4) is 0 Å². The molecule has 0 atom stereocenters. The highest BCUT2D eigenvalue weighted by atomic mass is 35.5. The molecule has 4 rings (SSSR count). The van der Waals surface area contributed by atoms with Crippen molar-refractivity contribution in [3.8, 4) is 16.9 Å². The molecule has 0 saturated carbocycles. The molecular formula is C25H19ClN2O3. The minimum absolute atomic E-state index is 0.247. The first-order valence-corrected chi connectivity index (χ1v) is 10.1. The number of benzene rings is 3. The van der Waals surface area contributed by atoms with Crippen molar-refractivity contribution in [2.75, 3.05) is 6.61 Å². The highest BCUT2D eigenvalue weighted by molar-refractivity contribution is 6.54. The highest BCUT2D eigenvalue weighted by Gasteiger charge is 2.24. The molecule has 3 aromatic rings. The van der Waals surface area contributed by atoms with Gasteiger partial charge in [-0.2, -0.15) is 0 Å². The van der Waals surface area contributed by atoms with Crippen LogP contribution in [0.15, 0.2) is 89.1 Å². The van der Waals surface area contributed by atoms with Crippen molar-refractivity contribution in [1.82, 2.24) is 0 Å². The van der Waals surface area contributed by atoms with Gasteiger partial charge < -0.3 is 9.84 Å². The molecule has 0 bridgehead atoms. The third-order valence-electron chi connectivity index (χ3n) is 4.84. The molecule has 0 heterocycles. The first-order valence-electron chi connectivity index (χ1n) is 9.77. The van der Waals surface area contributed by atoms with Gasteiger partial charge in [0, 0.05) is 11.1 Å². The molecular weight excluding hydrogens is 412 g/mol. The van der Waals surface area contributed by atoms with E-state index in [4.69, 9.17) is 16.3 Å². The molecule has 0 aliphatic heterocycles. The van der Waals surface area contributed by atoms with E-state index < -0.39 is 5.97 Å².